The Balaban J connectivity index is 1.11. The Hall–Kier alpha value is -4.10. The molecule has 0 spiro atoms. The van der Waals surface area contributed by atoms with Gasteiger partial charge in [0.2, 0.25) is 0 Å². The number of allylic oxidation sites excluding steroid dienone is 4. The summed E-state index contributed by atoms with van der Waals surface area (Å²) < 4.78 is 14.8. The third-order valence-corrected chi connectivity index (χ3v) is 8.07. The van der Waals surface area contributed by atoms with Crippen LogP contribution in [0.4, 0.5) is 4.39 Å². The second-order valence-corrected chi connectivity index (χ2v) is 11.2. The van der Waals surface area contributed by atoms with E-state index >= 15 is 0 Å². The fourth-order valence-electron chi connectivity index (χ4n) is 5.65. The molecule has 0 bridgehead atoms. The number of likely N-dealkylation sites (tertiary alicyclic amines) is 1. The highest BCUT2D eigenvalue weighted by atomic mass is 19.1. The zero-order valence-electron chi connectivity index (χ0n) is 22.7. The second kappa shape index (κ2) is 11.2. The fourth-order valence-corrected chi connectivity index (χ4v) is 5.65. The van der Waals surface area contributed by atoms with Crippen LogP contribution in [0.5, 0.6) is 0 Å². The van der Waals surface area contributed by atoms with Crippen LogP contribution >= 0.6 is 0 Å². The Bertz CT molecular complexity index is 1540. The number of halogens is 1. The molecule has 0 unspecified atom stereocenters. The largest absolute Gasteiger partial charge is 0.322 e. The van der Waals surface area contributed by atoms with E-state index in [1.165, 1.54) is 47.9 Å². The van der Waals surface area contributed by atoms with Gasteiger partial charge >= 0.3 is 0 Å². The number of carbonyl (C=O) groups excluding carboxylic acids is 2. The van der Waals surface area contributed by atoms with Gasteiger partial charge in [0.25, 0.3) is 5.91 Å². The predicted octanol–water partition coefficient (Wildman–Crippen LogP) is 5.46. The predicted molar refractivity (Wildman–Crippen MR) is 153 cm³/mol. The summed E-state index contributed by atoms with van der Waals surface area (Å²) in [5, 5.41) is 7.20. The quantitative estimate of drug-likeness (QED) is 0.436. The maximum Gasteiger partial charge on any atom is 0.258 e. The van der Waals surface area contributed by atoms with E-state index in [1.807, 2.05) is 0 Å². The zero-order chi connectivity index (χ0) is 27.6. The summed E-state index contributed by atoms with van der Waals surface area (Å²) in [6, 6.07) is 12.9. The van der Waals surface area contributed by atoms with Crippen molar-refractivity contribution in [3.63, 3.8) is 0 Å². The Morgan fingerprint density at radius 1 is 1.05 bits per heavy atom. The van der Waals surface area contributed by atoms with E-state index in [9.17, 15) is 14.0 Å². The van der Waals surface area contributed by atoms with E-state index in [2.05, 4.69) is 46.5 Å². The van der Waals surface area contributed by atoms with Gasteiger partial charge in [-0.05, 0) is 84.3 Å². The van der Waals surface area contributed by atoms with E-state index in [0.29, 0.717) is 29.8 Å². The first-order valence-electron chi connectivity index (χ1n) is 14.0. The van der Waals surface area contributed by atoms with Crippen molar-refractivity contribution in [2.75, 3.05) is 13.1 Å². The summed E-state index contributed by atoms with van der Waals surface area (Å²) in [6.07, 6.45) is 12.3. The van der Waals surface area contributed by atoms with Crippen LogP contribution in [0.3, 0.4) is 0 Å². The molecule has 6 nitrogen and oxygen atoms in total. The van der Waals surface area contributed by atoms with Crippen molar-refractivity contribution in [3.05, 3.63) is 117 Å². The SMILES string of the molecule is CC1CCN(Cc2ccc3c(c2)C=C(C2=CC(NC(=O)c4cnn(Cc5ccc(F)cc5)c4)=CCC2=O)C3)CC1. The van der Waals surface area contributed by atoms with E-state index in [4.69, 9.17) is 0 Å². The summed E-state index contributed by atoms with van der Waals surface area (Å²) in [5.74, 6) is 0.298. The molecule has 0 radical (unpaired) electrons. The molecule has 2 aliphatic carbocycles. The number of rotatable bonds is 7. The molecule has 204 valence electrons. The number of hydrogen-bond donors (Lipinski definition) is 1. The summed E-state index contributed by atoms with van der Waals surface area (Å²) in [7, 11) is 0. The van der Waals surface area contributed by atoms with E-state index in [0.717, 1.165) is 36.7 Å². The van der Waals surface area contributed by atoms with Crippen LogP contribution in [0.1, 0.15) is 58.8 Å². The van der Waals surface area contributed by atoms with Gasteiger partial charge in [-0.3, -0.25) is 19.2 Å². The van der Waals surface area contributed by atoms with Gasteiger partial charge in [0.1, 0.15) is 5.82 Å². The van der Waals surface area contributed by atoms with Crippen LogP contribution in [-0.2, 0) is 24.3 Å². The van der Waals surface area contributed by atoms with Crippen LogP contribution in [0.15, 0.2) is 83.9 Å². The van der Waals surface area contributed by atoms with Crippen molar-refractivity contribution in [3.8, 4) is 0 Å². The van der Waals surface area contributed by atoms with Gasteiger partial charge in [0.05, 0.1) is 18.3 Å². The van der Waals surface area contributed by atoms with Gasteiger partial charge < -0.3 is 5.32 Å². The third-order valence-electron chi connectivity index (χ3n) is 8.07. The van der Waals surface area contributed by atoms with Crippen LogP contribution in [0.25, 0.3) is 6.08 Å². The maximum absolute atomic E-state index is 13.2. The van der Waals surface area contributed by atoms with Crippen molar-refractivity contribution in [1.29, 1.82) is 0 Å². The number of Topliss-reactive ketones (excluding diaryl/α,β-unsaturated/α-hetero) is 1. The van der Waals surface area contributed by atoms with Crippen LogP contribution < -0.4 is 5.32 Å². The molecule has 40 heavy (non-hydrogen) atoms. The molecule has 3 aromatic rings. The lowest BCUT2D eigenvalue weighted by Gasteiger charge is -2.30. The third kappa shape index (κ3) is 5.89. The van der Waals surface area contributed by atoms with E-state index in [1.54, 1.807) is 35.2 Å². The van der Waals surface area contributed by atoms with Crippen LogP contribution in [0, 0.1) is 11.7 Å². The number of ketones is 1. The Kier molecular flexibility index (Phi) is 7.30. The number of hydrogen-bond acceptors (Lipinski definition) is 4. The molecule has 7 heteroatoms. The molecule has 2 aromatic carbocycles. The number of benzene rings is 2. The van der Waals surface area contributed by atoms with Crippen LogP contribution in [0.2, 0.25) is 0 Å². The van der Waals surface area contributed by atoms with Gasteiger partial charge in [-0.15, -0.1) is 0 Å². The van der Waals surface area contributed by atoms with Gasteiger partial charge in [-0.1, -0.05) is 49.4 Å². The minimum atomic E-state index is -0.291. The highest BCUT2D eigenvalue weighted by Crippen LogP contribution is 2.33. The lowest BCUT2D eigenvalue weighted by Crippen LogP contribution is -2.32. The number of aromatic nitrogens is 2. The number of piperidine rings is 1. The Morgan fingerprint density at radius 2 is 1.82 bits per heavy atom. The van der Waals surface area contributed by atoms with E-state index in [-0.39, 0.29) is 23.9 Å². The molecular weight excluding hydrogens is 503 g/mol. The standard InChI is InChI=1S/C33H33FN4O2/c1-22-10-12-37(13-11-22)19-24-2-5-25-15-27(16-26(25)14-24)31-17-30(8-9-32(31)39)36-33(40)28-18-35-38(21-28)20-23-3-6-29(34)7-4-23/h2-8,14,16-18,21-22H,9-13,15,19-20H2,1H3,(H,36,40). The van der Waals surface area contributed by atoms with Crippen molar-refractivity contribution in [2.24, 2.45) is 5.92 Å². The lowest BCUT2D eigenvalue weighted by atomic mass is 9.93. The molecule has 3 aliphatic rings. The number of carbonyl (C=O) groups is 2. The summed E-state index contributed by atoms with van der Waals surface area (Å²) >= 11 is 0. The van der Waals surface area contributed by atoms with Crippen molar-refractivity contribution >= 4 is 17.8 Å². The van der Waals surface area contributed by atoms with E-state index < -0.39 is 0 Å². The average molecular weight is 537 g/mol. The monoisotopic (exact) mass is 536 g/mol. The number of nitrogens with one attached hydrogen (secondary N) is 1. The number of fused-ring (bicyclic) bond motifs is 1. The first-order valence-corrected chi connectivity index (χ1v) is 14.0. The normalized spacial score (nSPS) is 17.8. The number of nitrogens with zero attached hydrogens (tertiary/aromatic N) is 3. The molecule has 1 saturated heterocycles. The average Bonchev–Trinajstić information content (AvgIpc) is 3.59. The molecule has 1 aliphatic heterocycles. The fraction of sp³-hybridized carbons (Fsp3) is 0.303. The minimum absolute atomic E-state index is 0.0619. The molecular formula is C33H33FN4O2. The molecule has 0 atom stereocenters. The Labute approximate surface area is 233 Å². The molecule has 0 saturated carbocycles. The molecule has 1 aromatic heterocycles. The van der Waals surface area contributed by atoms with Gasteiger partial charge in [0, 0.05) is 30.4 Å². The summed E-state index contributed by atoms with van der Waals surface area (Å²) in [4.78, 5) is 28.3. The highest BCUT2D eigenvalue weighted by Gasteiger charge is 2.24. The zero-order valence-corrected chi connectivity index (χ0v) is 22.7. The topological polar surface area (TPSA) is 67.2 Å². The molecule has 1 amide bonds. The maximum atomic E-state index is 13.2. The molecule has 1 N–H and O–H groups in total. The molecule has 6 rings (SSSR count). The molecule has 2 heterocycles. The molecule has 1 fully saturated rings. The minimum Gasteiger partial charge on any atom is -0.322 e. The first-order chi connectivity index (χ1) is 19.4. The second-order valence-electron chi connectivity index (χ2n) is 11.2. The highest BCUT2D eigenvalue weighted by molar-refractivity contribution is 6.04. The number of amides is 1. The lowest BCUT2D eigenvalue weighted by molar-refractivity contribution is -0.114. The smallest absolute Gasteiger partial charge is 0.258 e. The van der Waals surface area contributed by atoms with Crippen molar-refractivity contribution in [1.82, 2.24) is 20.0 Å². The Morgan fingerprint density at radius 3 is 2.62 bits per heavy atom. The van der Waals surface area contributed by atoms with Gasteiger partial charge in [0.15, 0.2) is 5.78 Å². The van der Waals surface area contributed by atoms with Crippen LogP contribution in [-0.4, -0.2) is 39.5 Å². The van der Waals surface area contributed by atoms with Crippen molar-refractivity contribution in [2.45, 2.75) is 45.7 Å². The van der Waals surface area contributed by atoms with Crippen molar-refractivity contribution < 1.29 is 14.0 Å². The van der Waals surface area contributed by atoms with Gasteiger partial charge in [-0.2, -0.15) is 5.10 Å². The summed E-state index contributed by atoms with van der Waals surface area (Å²) in [5.41, 5.74) is 7.29. The first kappa shape index (κ1) is 26.1. The summed E-state index contributed by atoms with van der Waals surface area (Å²) in [6.45, 7) is 6.03. The van der Waals surface area contributed by atoms with Gasteiger partial charge in [-0.25, -0.2) is 4.39 Å².